The Morgan fingerprint density at radius 3 is 2.50 bits per heavy atom. The predicted octanol–water partition coefficient (Wildman–Crippen LogP) is 3.67. The largest absolute Gasteiger partial charge is 0.494 e. The summed E-state index contributed by atoms with van der Waals surface area (Å²) in [6, 6.07) is 8.39. The standard InChI is InChI=1S/C21H27N3O2/c1-3-26-19-8-6-17(7-9-19)4-5-18-10-12-24(13-11-18)21(25)20-15-22-16(2)14-23-20/h6-9,14-15,18H,3-5,10-13H2,1-2H3. The number of hydrogen-bond donors (Lipinski definition) is 0. The lowest BCUT2D eigenvalue weighted by atomic mass is 9.90. The molecule has 5 nitrogen and oxygen atoms in total. The Hall–Kier alpha value is -2.43. The summed E-state index contributed by atoms with van der Waals surface area (Å²) in [7, 11) is 0. The molecule has 1 amide bonds. The average Bonchev–Trinajstić information content (AvgIpc) is 2.68. The number of aromatic nitrogens is 2. The normalized spacial score (nSPS) is 15.1. The number of amides is 1. The second-order valence-corrected chi connectivity index (χ2v) is 6.89. The van der Waals surface area contributed by atoms with Crippen molar-refractivity contribution < 1.29 is 9.53 Å². The first-order valence-electron chi connectivity index (χ1n) is 9.45. The molecule has 0 aliphatic carbocycles. The number of hydrogen-bond acceptors (Lipinski definition) is 4. The molecule has 2 aromatic rings. The van der Waals surface area contributed by atoms with Gasteiger partial charge in [-0.3, -0.25) is 9.78 Å². The molecule has 0 unspecified atom stereocenters. The fourth-order valence-corrected chi connectivity index (χ4v) is 3.38. The molecule has 1 fully saturated rings. The number of carbonyl (C=O) groups excluding carboxylic acids is 1. The quantitative estimate of drug-likeness (QED) is 0.795. The Morgan fingerprint density at radius 1 is 1.15 bits per heavy atom. The highest BCUT2D eigenvalue weighted by Crippen LogP contribution is 2.24. The van der Waals surface area contributed by atoms with E-state index in [1.54, 1.807) is 12.4 Å². The zero-order valence-electron chi connectivity index (χ0n) is 15.6. The van der Waals surface area contributed by atoms with Crippen LogP contribution in [0.3, 0.4) is 0 Å². The lowest BCUT2D eigenvalue weighted by Crippen LogP contribution is -2.39. The van der Waals surface area contributed by atoms with Gasteiger partial charge in [0.15, 0.2) is 0 Å². The lowest BCUT2D eigenvalue weighted by Gasteiger charge is -2.31. The van der Waals surface area contributed by atoms with Crippen molar-refractivity contribution in [2.24, 2.45) is 5.92 Å². The molecule has 1 aliphatic heterocycles. The van der Waals surface area contributed by atoms with E-state index in [0.29, 0.717) is 18.2 Å². The van der Waals surface area contributed by atoms with Crippen molar-refractivity contribution in [3.05, 3.63) is 53.6 Å². The highest BCUT2D eigenvalue weighted by molar-refractivity contribution is 5.92. The minimum Gasteiger partial charge on any atom is -0.494 e. The summed E-state index contributed by atoms with van der Waals surface area (Å²) in [6.07, 6.45) is 7.59. The first-order chi connectivity index (χ1) is 12.7. The SMILES string of the molecule is CCOc1ccc(CCC2CCN(C(=O)c3cnc(C)cn3)CC2)cc1. The van der Waals surface area contributed by atoms with Crippen LogP contribution >= 0.6 is 0 Å². The Kier molecular flexibility index (Phi) is 6.21. The van der Waals surface area contributed by atoms with Gasteiger partial charge in [-0.05, 0) is 63.1 Å². The third-order valence-corrected chi connectivity index (χ3v) is 4.98. The number of aryl methyl sites for hydroxylation is 2. The first-order valence-corrected chi connectivity index (χ1v) is 9.45. The molecule has 1 aromatic carbocycles. The van der Waals surface area contributed by atoms with Gasteiger partial charge in [0.25, 0.3) is 5.91 Å². The number of carbonyl (C=O) groups is 1. The monoisotopic (exact) mass is 353 g/mol. The van der Waals surface area contributed by atoms with Gasteiger partial charge in [0.1, 0.15) is 11.4 Å². The Bertz CT molecular complexity index is 705. The summed E-state index contributed by atoms with van der Waals surface area (Å²) in [5, 5.41) is 0. The molecule has 26 heavy (non-hydrogen) atoms. The van der Waals surface area contributed by atoms with Gasteiger partial charge in [-0.15, -0.1) is 0 Å². The summed E-state index contributed by atoms with van der Waals surface area (Å²) < 4.78 is 5.49. The topological polar surface area (TPSA) is 55.3 Å². The van der Waals surface area contributed by atoms with Crippen LogP contribution in [-0.4, -0.2) is 40.5 Å². The van der Waals surface area contributed by atoms with Gasteiger partial charge in [0.2, 0.25) is 0 Å². The molecule has 0 atom stereocenters. The zero-order chi connectivity index (χ0) is 18.4. The highest BCUT2D eigenvalue weighted by atomic mass is 16.5. The molecule has 0 bridgehead atoms. The van der Waals surface area contributed by atoms with Crippen LogP contribution in [0, 0.1) is 12.8 Å². The molecule has 0 N–H and O–H groups in total. The number of rotatable bonds is 6. The van der Waals surface area contributed by atoms with E-state index in [-0.39, 0.29) is 5.91 Å². The Balaban J connectivity index is 1.44. The van der Waals surface area contributed by atoms with Crippen LogP contribution in [0.15, 0.2) is 36.7 Å². The first kappa shape index (κ1) is 18.4. The van der Waals surface area contributed by atoms with Crippen LogP contribution in [0.4, 0.5) is 0 Å². The summed E-state index contributed by atoms with van der Waals surface area (Å²) in [5.74, 6) is 1.61. The van der Waals surface area contributed by atoms with Gasteiger partial charge in [-0.2, -0.15) is 0 Å². The molecule has 0 radical (unpaired) electrons. The number of nitrogens with zero attached hydrogens (tertiary/aromatic N) is 3. The van der Waals surface area contributed by atoms with Crippen LogP contribution in [0.2, 0.25) is 0 Å². The second kappa shape index (κ2) is 8.79. The summed E-state index contributed by atoms with van der Waals surface area (Å²) >= 11 is 0. The minimum absolute atomic E-state index is 0.00228. The molecule has 2 heterocycles. The van der Waals surface area contributed by atoms with Crippen molar-refractivity contribution in [1.29, 1.82) is 0 Å². The fraction of sp³-hybridized carbons (Fsp3) is 0.476. The van der Waals surface area contributed by atoms with Crippen LogP contribution < -0.4 is 4.74 Å². The van der Waals surface area contributed by atoms with Crippen molar-refractivity contribution in [2.75, 3.05) is 19.7 Å². The molecular weight excluding hydrogens is 326 g/mol. The van der Waals surface area contributed by atoms with E-state index in [4.69, 9.17) is 4.74 Å². The number of ether oxygens (including phenoxy) is 1. The van der Waals surface area contributed by atoms with Gasteiger partial charge in [-0.1, -0.05) is 12.1 Å². The molecule has 0 spiro atoms. The van der Waals surface area contributed by atoms with Gasteiger partial charge in [0, 0.05) is 19.3 Å². The highest BCUT2D eigenvalue weighted by Gasteiger charge is 2.24. The van der Waals surface area contributed by atoms with E-state index in [0.717, 1.165) is 43.8 Å². The summed E-state index contributed by atoms with van der Waals surface area (Å²) in [5.41, 5.74) is 2.62. The van der Waals surface area contributed by atoms with Crippen molar-refractivity contribution in [1.82, 2.24) is 14.9 Å². The van der Waals surface area contributed by atoms with Crippen LogP contribution in [0.5, 0.6) is 5.75 Å². The Labute approximate surface area is 155 Å². The molecule has 1 saturated heterocycles. The zero-order valence-corrected chi connectivity index (χ0v) is 15.6. The van der Waals surface area contributed by atoms with E-state index >= 15 is 0 Å². The van der Waals surface area contributed by atoms with Crippen LogP contribution in [0.1, 0.15) is 47.9 Å². The van der Waals surface area contributed by atoms with Crippen molar-refractivity contribution in [3.8, 4) is 5.75 Å². The van der Waals surface area contributed by atoms with Gasteiger partial charge in [-0.25, -0.2) is 4.98 Å². The summed E-state index contributed by atoms with van der Waals surface area (Å²) in [4.78, 5) is 22.8. The maximum atomic E-state index is 12.5. The fourth-order valence-electron chi connectivity index (χ4n) is 3.38. The minimum atomic E-state index is 0.00228. The number of likely N-dealkylation sites (tertiary alicyclic amines) is 1. The van der Waals surface area contributed by atoms with E-state index < -0.39 is 0 Å². The van der Waals surface area contributed by atoms with Crippen molar-refractivity contribution >= 4 is 5.91 Å². The van der Waals surface area contributed by atoms with E-state index in [9.17, 15) is 4.79 Å². The van der Waals surface area contributed by atoms with Crippen LogP contribution in [-0.2, 0) is 6.42 Å². The van der Waals surface area contributed by atoms with Crippen LogP contribution in [0.25, 0.3) is 0 Å². The maximum absolute atomic E-state index is 12.5. The van der Waals surface area contributed by atoms with Crippen molar-refractivity contribution in [3.63, 3.8) is 0 Å². The number of benzene rings is 1. The molecule has 0 saturated carbocycles. The third kappa shape index (κ3) is 4.81. The summed E-state index contributed by atoms with van der Waals surface area (Å²) in [6.45, 7) is 6.18. The third-order valence-electron chi connectivity index (χ3n) is 4.98. The molecule has 1 aliphatic rings. The Morgan fingerprint density at radius 2 is 1.88 bits per heavy atom. The van der Waals surface area contributed by atoms with Crippen molar-refractivity contribution in [2.45, 2.75) is 39.5 Å². The molecule has 1 aromatic heterocycles. The van der Waals surface area contributed by atoms with E-state index in [1.165, 1.54) is 12.0 Å². The molecule has 5 heteroatoms. The lowest BCUT2D eigenvalue weighted by molar-refractivity contribution is 0.0680. The van der Waals surface area contributed by atoms with E-state index in [1.807, 2.05) is 30.9 Å². The number of piperidine rings is 1. The molecule has 138 valence electrons. The predicted molar refractivity (Wildman–Crippen MR) is 101 cm³/mol. The van der Waals surface area contributed by atoms with Gasteiger partial charge in [0.05, 0.1) is 18.5 Å². The second-order valence-electron chi connectivity index (χ2n) is 6.89. The van der Waals surface area contributed by atoms with Gasteiger partial charge < -0.3 is 9.64 Å². The average molecular weight is 353 g/mol. The smallest absolute Gasteiger partial charge is 0.274 e. The molecule has 3 rings (SSSR count). The van der Waals surface area contributed by atoms with E-state index in [2.05, 4.69) is 22.1 Å². The van der Waals surface area contributed by atoms with Gasteiger partial charge >= 0.3 is 0 Å². The maximum Gasteiger partial charge on any atom is 0.274 e. The molecular formula is C21H27N3O2.